The topological polar surface area (TPSA) is 34.1 Å². The standard InChI is InChI=1S/C14H13F3N2O/c15-14(16,17)20-13-5-3-12(4-6-13)19-9-7-11-2-1-8-18-10-11/h1-6,8,10,19H,7,9H2. The minimum Gasteiger partial charge on any atom is -0.406 e. The highest BCUT2D eigenvalue weighted by atomic mass is 19.4. The Balaban J connectivity index is 1.82. The highest BCUT2D eigenvalue weighted by Crippen LogP contribution is 2.23. The molecule has 6 heteroatoms. The van der Waals surface area contributed by atoms with Crippen molar-refractivity contribution in [2.45, 2.75) is 12.8 Å². The van der Waals surface area contributed by atoms with E-state index in [-0.39, 0.29) is 5.75 Å². The zero-order chi connectivity index (χ0) is 14.4. The largest absolute Gasteiger partial charge is 0.573 e. The predicted octanol–water partition coefficient (Wildman–Crippen LogP) is 3.63. The number of anilines is 1. The second-order valence-electron chi connectivity index (χ2n) is 4.11. The lowest BCUT2D eigenvalue weighted by molar-refractivity contribution is -0.274. The van der Waals surface area contributed by atoms with Gasteiger partial charge in [-0.1, -0.05) is 6.07 Å². The molecular formula is C14H13F3N2O. The number of ether oxygens (including phenoxy) is 1. The van der Waals surface area contributed by atoms with E-state index in [0.717, 1.165) is 17.7 Å². The van der Waals surface area contributed by atoms with Crippen LogP contribution in [0.2, 0.25) is 0 Å². The van der Waals surface area contributed by atoms with Crippen LogP contribution in [0, 0.1) is 0 Å². The van der Waals surface area contributed by atoms with E-state index in [1.165, 1.54) is 12.1 Å². The average Bonchev–Trinajstić information content (AvgIpc) is 2.40. The van der Waals surface area contributed by atoms with E-state index in [4.69, 9.17) is 0 Å². The molecule has 1 N–H and O–H groups in total. The molecule has 0 amide bonds. The number of hydrogen-bond donors (Lipinski definition) is 1. The van der Waals surface area contributed by atoms with Crippen molar-refractivity contribution in [3.63, 3.8) is 0 Å². The normalized spacial score (nSPS) is 11.2. The van der Waals surface area contributed by atoms with Gasteiger partial charge in [0, 0.05) is 24.6 Å². The SMILES string of the molecule is FC(F)(F)Oc1ccc(NCCc2cccnc2)cc1. The summed E-state index contributed by atoms with van der Waals surface area (Å²) in [7, 11) is 0. The van der Waals surface area contributed by atoms with Gasteiger partial charge in [-0.3, -0.25) is 4.98 Å². The number of rotatable bonds is 5. The lowest BCUT2D eigenvalue weighted by Crippen LogP contribution is -2.17. The first-order valence-electron chi connectivity index (χ1n) is 6.01. The van der Waals surface area contributed by atoms with Gasteiger partial charge in [-0.2, -0.15) is 0 Å². The van der Waals surface area contributed by atoms with E-state index in [1.807, 2.05) is 12.1 Å². The van der Waals surface area contributed by atoms with Crippen LogP contribution in [0.3, 0.4) is 0 Å². The third-order valence-corrected chi connectivity index (χ3v) is 2.55. The van der Waals surface area contributed by atoms with Crippen molar-refractivity contribution in [1.82, 2.24) is 4.98 Å². The number of aromatic nitrogens is 1. The molecular weight excluding hydrogens is 269 g/mol. The molecule has 0 saturated carbocycles. The summed E-state index contributed by atoms with van der Waals surface area (Å²) in [6, 6.07) is 9.47. The van der Waals surface area contributed by atoms with E-state index in [2.05, 4.69) is 15.0 Å². The van der Waals surface area contributed by atoms with Gasteiger partial charge in [0.05, 0.1) is 0 Å². The van der Waals surface area contributed by atoms with Crippen molar-refractivity contribution in [2.24, 2.45) is 0 Å². The molecule has 0 aliphatic rings. The van der Waals surface area contributed by atoms with Gasteiger partial charge < -0.3 is 10.1 Å². The van der Waals surface area contributed by atoms with Crippen LogP contribution in [0.1, 0.15) is 5.56 Å². The molecule has 2 rings (SSSR count). The predicted molar refractivity (Wildman–Crippen MR) is 69.6 cm³/mol. The highest BCUT2D eigenvalue weighted by molar-refractivity contribution is 5.46. The third-order valence-electron chi connectivity index (χ3n) is 2.55. The minimum atomic E-state index is -4.66. The van der Waals surface area contributed by atoms with Crippen molar-refractivity contribution < 1.29 is 17.9 Å². The molecule has 3 nitrogen and oxygen atoms in total. The molecule has 0 radical (unpaired) electrons. The zero-order valence-corrected chi connectivity index (χ0v) is 10.5. The Labute approximate surface area is 114 Å². The van der Waals surface area contributed by atoms with Gasteiger partial charge in [-0.05, 0) is 42.3 Å². The molecule has 0 fully saturated rings. The number of nitrogens with one attached hydrogen (secondary N) is 1. The van der Waals surface area contributed by atoms with Crippen LogP contribution in [-0.4, -0.2) is 17.9 Å². The Morgan fingerprint density at radius 3 is 2.45 bits per heavy atom. The Kier molecular flexibility index (Phi) is 4.45. The number of pyridine rings is 1. The van der Waals surface area contributed by atoms with Crippen molar-refractivity contribution in [3.8, 4) is 5.75 Å². The summed E-state index contributed by atoms with van der Waals surface area (Å²) in [6.07, 6.45) is -0.387. The fraction of sp³-hybridized carbons (Fsp3) is 0.214. The Hall–Kier alpha value is -2.24. The molecule has 0 unspecified atom stereocenters. The maximum atomic E-state index is 12.0. The molecule has 0 saturated heterocycles. The van der Waals surface area contributed by atoms with E-state index < -0.39 is 6.36 Å². The molecule has 2 aromatic rings. The molecule has 20 heavy (non-hydrogen) atoms. The lowest BCUT2D eigenvalue weighted by atomic mass is 10.2. The first-order chi connectivity index (χ1) is 9.53. The summed E-state index contributed by atoms with van der Waals surface area (Å²) in [5, 5.41) is 3.12. The second-order valence-corrected chi connectivity index (χ2v) is 4.11. The first kappa shape index (κ1) is 14.2. The molecule has 1 aromatic heterocycles. The monoisotopic (exact) mass is 282 g/mol. The molecule has 0 aliphatic carbocycles. The lowest BCUT2D eigenvalue weighted by Gasteiger charge is -2.10. The van der Waals surface area contributed by atoms with Crippen molar-refractivity contribution in [3.05, 3.63) is 54.4 Å². The molecule has 0 spiro atoms. The van der Waals surface area contributed by atoms with Crippen molar-refractivity contribution in [1.29, 1.82) is 0 Å². The number of halogens is 3. The van der Waals surface area contributed by atoms with Gasteiger partial charge in [0.15, 0.2) is 0 Å². The van der Waals surface area contributed by atoms with Crippen LogP contribution in [0.25, 0.3) is 0 Å². The van der Waals surface area contributed by atoms with Gasteiger partial charge in [-0.15, -0.1) is 13.2 Å². The minimum absolute atomic E-state index is 0.227. The van der Waals surface area contributed by atoms with E-state index >= 15 is 0 Å². The van der Waals surface area contributed by atoms with E-state index in [1.54, 1.807) is 24.5 Å². The summed E-state index contributed by atoms with van der Waals surface area (Å²) in [5.41, 5.74) is 1.83. The van der Waals surface area contributed by atoms with Gasteiger partial charge in [-0.25, -0.2) is 0 Å². The first-order valence-corrected chi connectivity index (χ1v) is 6.01. The zero-order valence-electron chi connectivity index (χ0n) is 10.5. The maximum absolute atomic E-state index is 12.0. The van der Waals surface area contributed by atoms with E-state index in [9.17, 15) is 13.2 Å². The number of nitrogens with zero attached hydrogens (tertiary/aromatic N) is 1. The van der Waals surface area contributed by atoms with Crippen LogP contribution in [0.4, 0.5) is 18.9 Å². The maximum Gasteiger partial charge on any atom is 0.573 e. The van der Waals surface area contributed by atoms with Crippen molar-refractivity contribution in [2.75, 3.05) is 11.9 Å². The Morgan fingerprint density at radius 2 is 1.85 bits per heavy atom. The molecule has 106 valence electrons. The molecule has 1 aromatic carbocycles. The van der Waals surface area contributed by atoms with Gasteiger partial charge >= 0.3 is 6.36 Å². The van der Waals surface area contributed by atoms with Gasteiger partial charge in [0.2, 0.25) is 0 Å². The summed E-state index contributed by atoms with van der Waals surface area (Å²) in [6.45, 7) is 0.672. The fourth-order valence-corrected chi connectivity index (χ4v) is 1.67. The van der Waals surface area contributed by atoms with Crippen LogP contribution in [0.5, 0.6) is 5.75 Å². The number of alkyl halides is 3. The molecule has 0 bridgehead atoms. The third kappa shape index (κ3) is 4.79. The Morgan fingerprint density at radius 1 is 1.10 bits per heavy atom. The summed E-state index contributed by atoms with van der Waals surface area (Å²) >= 11 is 0. The van der Waals surface area contributed by atoms with Crippen LogP contribution in [-0.2, 0) is 6.42 Å². The van der Waals surface area contributed by atoms with E-state index in [0.29, 0.717) is 6.54 Å². The fourth-order valence-electron chi connectivity index (χ4n) is 1.67. The molecule has 0 aliphatic heterocycles. The van der Waals surface area contributed by atoms with Gasteiger partial charge in [0.1, 0.15) is 5.75 Å². The molecule has 1 heterocycles. The van der Waals surface area contributed by atoms with Crippen LogP contribution in [0.15, 0.2) is 48.8 Å². The smallest absolute Gasteiger partial charge is 0.406 e. The van der Waals surface area contributed by atoms with Crippen LogP contribution >= 0.6 is 0 Å². The summed E-state index contributed by atoms with van der Waals surface area (Å²) in [4.78, 5) is 4.01. The average molecular weight is 282 g/mol. The highest BCUT2D eigenvalue weighted by Gasteiger charge is 2.30. The summed E-state index contributed by atoms with van der Waals surface area (Å²) < 4.78 is 39.8. The van der Waals surface area contributed by atoms with Crippen LogP contribution < -0.4 is 10.1 Å². The van der Waals surface area contributed by atoms with Gasteiger partial charge in [0.25, 0.3) is 0 Å². The summed E-state index contributed by atoms with van der Waals surface area (Å²) in [5.74, 6) is -0.227. The number of benzene rings is 1. The Bertz CT molecular complexity index is 526. The molecule has 0 atom stereocenters. The second kappa shape index (κ2) is 6.27. The van der Waals surface area contributed by atoms with Crippen molar-refractivity contribution >= 4 is 5.69 Å². The number of hydrogen-bond acceptors (Lipinski definition) is 3. The quantitative estimate of drug-likeness (QED) is 0.909.